The number of nitrogens with zero attached hydrogens (tertiary/aromatic N) is 1. The normalized spacial score (nSPS) is 25.2. The van der Waals surface area contributed by atoms with E-state index in [1.165, 1.54) is 4.90 Å². The maximum Gasteiger partial charge on any atom is 0.243 e. The highest BCUT2D eigenvalue weighted by atomic mass is 32.2. The topological polar surface area (TPSA) is 83.6 Å². The van der Waals surface area contributed by atoms with Crippen LogP contribution in [-0.2, 0) is 19.4 Å². The Morgan fingerprint density at radius 2 is 2.00 bits per heavy atom. The maximum absolute atomic E-state index is 11.8. The lowest BCUT2D eigenvalue weighted by molar-refractivity contribution is -0.146. The SMILES string of the molecule is CCS(=O)(=O)CCN1C(=O)CNC(=O)C1C1CC1. The summed E-state index contributed by atoms with van der Waals surface area (Å²) in [5.41, 5.74) is 0. The van der Waals surface area contributed by atoms with E-state index in [1.807, 2.05) is 0 Å². The Morgan fingerprint density at radius 1 is 1.33 bits per heavy atom. The summed E-state index contributed by atoms with van der Waals surface area (Å²) in [5, 5.41) is 2.56. The smallest absolute Gasteiger partial charge is 0.243 e. The molecule has 1 N–H and O–H groups in total. The first-order chi connectivity index (χ1) is 8.44. The van der Waals surface area contributed by atoms with Gasteiger partial charge in [0.1, 0.15) is 6.04 Å². The van der Waals surface area contributed by atoms with Crippen LogP contribution in [0.25, 0.3) is 0 Å². The van der Waals surface area contributed by atoms with E-state index in [1.54, 1.807) is 6.92 Å². The van der Waals surface area contributed by atoms with E-state index in [-0.39, 0.29) is 42.3 Å². The van der Waals surface area contributed by atoms with Crippen LogP contribution in [0.2, 0.25) is 0 Å². The lowest BCUT2D eigenvalue weighted by Gasteiger charge is -2.35. The van der Waals surface area contributed by atoms with Gasteiger partial charge in [-0.1, -0.05) is 6.92 Å². The van der Waals surface area contributed by atoms with Gasteiger partial charge in [-0.25, -0.2) is 8.42 Å². The van der Waals surface area contributed by atoms with Gasteiger partial charge in [0, 0.05) is 12.3 Å². The number of carbonyl (C=O) groups is 2. The molecule has 0 spiro atoms. The average molecular weight is 274 g/mol. The first kappa shape index (κ1) is 13.3. The van der Waals surface area contributed by atoms with Crippen molar-refractivity contribution >= 4 is 21.7 Å². The standard InChI is InChI=1S/C11H18N2O4S/c1-2-18(16,17)6-5-13-9(14)7-12-11(15)10(13)8-3-4-8/h8,10H,2-7H2,1H3,(H,12,15). The van der Waals surface area contributed by atoms with Crippen molar-refractivity contribution in [2.45, 2.75) is 25.8 Å². The molecule has 102 valence electrons. The Kier molecular flexibility index (Phi) is 3.61. The summed E-state index contributed by atoms with van der Waals surface area (Å²) in [5.74, 6) is -0.122. The molecule has 0 radical (unpaired) electrons. The van der Waals surface area contributed by atoms with E-state index in [4.69, 9.17) is 0 Å². The quantitative estimate of drug-likeness (QED) is 0.708. The fourth-order valence-corrected chi connectivity index (χ4v) is 2.96. The van der Waals surface area contributed by atoms with E-state index in [2.05, 4.69) is 5.32 Å². The van der Waals surface area contributed by atoms with Crippen molar-refractivity contribution in [1.82, 2.24) is 10.2 Å². The Hall–Kier alpha value is -1.11. The van der Waals surface area contributed by atoms with E-state index in [0.29, 0.717) is 0 Å². The molecule has 0 bridgehead atoms. The van der Waals surface area contributed by atoms with Crippen LogP contribution in [0.3, 0.4) is 0 Å². The minimum atomic E-state index is -3.11. The van der Waals surface area contributed by atoms with Crippen molar-refractivity contribution in [2.24, 2.45) is 5.92 Å². The third-order valence-corrected chi connectivity index (χ3v) is 5.17. The van der Waals surface area contributed by atoms with Crippen LogP contribution < -0.4 is 5.32 Å². The van der Waals surface area contributed by atoms with E-state index in [0.717, 1.165) is 12.8 Å². The summed E-state index contributed by atoms with van der Waals surface area (Å²) in [6, 6.07) is -0.460. The molecule has 1 unspecified atom stereocenters. The molecular weight excluding hydrogens is 256 g/mol. The number of hydrogen-bond acceptors (Lipinski definition) is 4. The highest BCUT2D eigenvalue weighted by molar-refractivity contribution is 7.91. The van der Waals surface area contributed by atoms with Crippen LogP contribution in [0.1, 0.15) is 19.8 Å². The summed E-state index contributed by atoms with van der Waals surface area (Å²) < 4.78 is 23.0. The van der Waals surface area contributed by atoms with Crippen LogP contribution in [-0.4, -0.2) is 55.8 Å². The van der Waals surface area contributed by atoms with Crippen molar-refractivity contribution in [1.29, 1.82) is 0 Å². The van der Waals surface area contributed by atoms with Gasteiger partial charge in [0.25, 0.3) is 0 Å². The second-order valence-electron chi connectivity index (χ2n) is 4.82. The predicted molar refractivity (Wildman–Crippen MR) is 65.6 cm³/mol. The monoisotopic (exact) mass is 274 g/mol. The molecule has 0 aromatic heterocycles. The van der Waals surface area contributed by atoms with Crippen LogP contribution in [0.5, 0.6) is 0 Å². The van der Waals surface area contributed by atoms with Gasteiger partial charge in [-0.05, 0) is 18.8 Å². The largest absolute Gasteiger partial charge is 0.345 e. The fourth-order valence-electron chi connectivity index (χ4n) is 2.19. The Balaban J connectivity index is 2.06. The summed E-state index contributed by atoms with van der Waals surface area (Å²) in [7, 11) is -3.11. The van der Waals surface area contributed by atoms with Gasteiger partial charge in [-0.3, -0.25) is 9.59 Å². The molecule has 1 aliphatic heterocycles. The first-order valence-corrected chi connectivity index (χ1v) is 8.04. The molecule has 7 heteroatoms. The molecule has 1 saturated heterocycles. The number of carbonyl (C=O) groups excluding carboxylic acids is 2. The third-order valence-electron chi connectivity index (χ3n) is 3.49. The molecule has 1 atom stereocenters. The zero-order valence-corrected chi connectivity index (χ0v) is 11.2. The van der Waals surface area contributed by atoms with Crippen LogP contribution in [0, 0.1) is 5.92 Å². The zero-order chi connectivity index (χ0) is 13.3. The molecule has 2 fully saturated rings. The van der Waals surface area contributed by atoms with Gasteiger partial charge in [-0.2, -0.15) is 0 Å². The minimum Gasteiger partial charge on any atom is -0.345 e. The van der Waals surface area contributed by atoms with Crippen molar-refractivity contribution in [3.05, 3.63) is 0 Å². The molecule has 0 aromatic carbocycles. The van der Waals surface area contributed by atoms with Crippen molar-refractivity contribution < 1.29 is 18.0 Å². The van der Waals surface area contributed by atoms with Crippen LogP contribution >= 0.6 is 0 Å². The molecule has 2 amide bonds. The highest BCUT2D eigenvalue weighted by Crippen LogP contribution is 2.36. The van der Waals surface area contributed by atoms with Crippen LogP contribution in [0.4, 0.5) is 0 Å². The molecule has 1 aliphatic carbocycles. The second kappa shape index (κ2) is 4.87. The van der Waals surface area contributed by atoms with E-state index >= 15 is 0 Å². The van der Waals surface area contributed by atoms with E-state index in [9.17, 15) is 18.0 Å². The number of rotatable bonds is 5. The van der Waals surface area contributed by atoms with Gasteiger partial charge in [-0.15, -0.1) is 0 Å². The second-order valence-corrected chi connectivity index (χ2v) is 7.30. The van der Waals surface area contributed by atoms with Gasteiger partial charge >= 0.3 is 0 Å². The predicted octanol–water partition coefficient (Wildman–Crippen LogP) is -0.842. The molecule has 1 heterocycles. The van der Waals surface area contributed by atoms with Gasteiger partial charge < -0.3 is 10.2 Å². The van der Waals surface area contributed by atoms with Crippen molar-refractivity contribution in [2.75, 3.05) is 24.6 Å². The van der Waals surface area contributed by atoms with Gasteiger partial charge in [0.2, 0.25) is 11.8 Å². The number of piperazine rings is 1. The van der Waals surface area contributed by atoms with Crippen LogP contribution in [0.15, 0.2) is 0 Å². The lowest BCUT2D eigenvalue weighted by Crippen LogP contribution is -2.60. The first-order valence-electron chi connectivity index (χ1n) is 6.22. The summed E-state index contributed by atoms with van der Waals surface area (Å²) in [6.45, 7) is 1.69. The summed E-state index contributed by atoms with van der Waals surface area (Å²) in [6.07, 6.45) is 1.87. The number of nitrogens with one attached hydrogen (secondary N) is 1. The Labute approximate surface area is 107 Å². The third kappa shape index (κ3) is 2.82. The zero-order valence-electron chi connectivity index (χ0n) is 10.4. The Bertz CT molecular complexity index is 456. The number of amides is 2. The summed E-state index contributed by atoms with van der Waals surface area (Å²) >= 11 is 0. The van der Waals surface area contributed by atoms with Gasteiger partial charge in [0.15, 0.2) is 9.84 Å². The van der Waals surface area contributed by atoms with E-state index < -0.39 is 15.9 Å². The minimum absolute atomic E-state index is 0.0196. The number of hydrogen-bond donors (Lipinski definition) is 1. The molecule has 2 aliphatic rings. The molecule has 1 saturated carbocycles. The highest BCUT2D eigenvalue weighted by Gasteiger charge is 2.44. The van der Waals surface area contributed by atoms with Crippen molar-refractivity contribution in [3.63, 3.8) is 0 Å². The summed E-state index contributed by atoms with van der Waals surface area (Å²) in [4.78, 5) is 25.0. The lowest BCUT2D eigenvalue weighted by atomic mass is 10.1. The number of sulfone groups is 1. The molecule has 6 nitrogen and oxygen atoms in total. The Morgan fingerprint density at radius 3 is 2.56 bits per heavy atom. The maximum atomic E-state index is 11.8. The van der Waals surface area contributed by atoms with Gasteiger partial charge in [0.05, 0.1) is 12.3 Å². The molecule has 2 rings (SSSR count). The average Bonchev–Trinajstić information content (AvgIpc) is 3.14. The molecular formula is C11H18N2O4S. The van der Waals surface area contributed by atoms with Crippen molar-refractivity contribution in [3.8, 4) is 0 Å². The molecule has 0 aromatic rings. The fraction of sp³-hybridized carbons (Fsp3) is 0.818. The molecule has 18 heavy (non-hydrogen) atoms.